The summed E-state index contributed by atoms with van der Waals surface area (Å²) in [5.74, 6) is 1.69. The van der Waals surface area contributed by atoms with Gasteiger partial charge in [-0.05, 0) is 39.0 Å². The van der Waals surface area contributed by atoms with Crippen LogP contribution in [0.4, 0.5) is 5.69 Å². The molecule has 158 valence electrons. The van der Waals surface area contributed by atoms with Crippen molar-refractivity contribution in [2.45, 2.75) is 20.8 Å². The quantitative estimate of drug-likeness (QED) is 0.606. The van der Waals surface area contributed by atoms with Gasteiger partial charge in [-0.15, -0.1) is 0 Å². The smallest absolute Gasteiger partial charge is 0.229 e. The van der Waals surface area contributed by atoms with Gasteiger partial charge in [-0.1, -0.05) is 12.1 Å². The van der Waals surface area contributed by atoms with Crippen molar-refractivity contribution in [2.24, 2.45) is 0 Å². The van der Waals surface area contributed by atoms with E-state index >= 15 is 0 Å². The third kappa shape index (κ3) is 3.95. The van der Waals surface area contributed by atoms with Gasteiger partial charge in [0.15, 0.2) is 5.78 Å². The minimum absolute atomic E-state index is 0.136. The highest BCUT2D eigenvalue weighted by Crippen LogP contribution is 2.29. The van der Waals surface area contributed by atoms with Crippen molar-refractivity contribution in [1.82, 2.24) is 24.6 Å². The van der Waals surface area contributed by atoms with E-state index in [0.29, 0.717) is 19.1 Å². The molecule has 8 nitrogen and oxygen atoms in total. The van der Waals surface area contributed by atoms with Crippen LogP contribution < -0.4 is 9.64 Å². The molecule has 1 saturated heterocycles. The largest absolute Gasteiger partial charge is 0.492 e. The zero-order valence-corrected chi connectivity index (χ0v) is 17.8. The number of hydrogen-bond acceptors (Lipinski definition) is 6. The van der Waals surface area contributed by atoms with Gasteiger partial charge in [-0.2, -0.15) is 10.1 Å². The monoisotopic (exact) mass is 408 g/mol. The number of ether oxygens (including phenoxy) is 1. The fourth-order valence-corrected chi connectivity index (χ4v) is 4.11. The van der Waals surface area contributed by atoms with Crippen molar-refractivity contribution in [3.8, 4) is 11.7 Å². The van der Waals surface area contributed by atoms with Gasteiger partial charge in [-0.25, -0.2) is 5.10 Å². The molecule has 4 rings (SSSR count). The van der Waals surface area contributed by atoms with Gasteiger partial charge in [-0.3, -0.25) is 14.3 Å². The average molecular weight is 409 g/mol. The highest BCUT2D eigenvalue weighted by Gasteiger charge is 2.24. The van der Waals surface area contributed by atoms with E-state index in [4.69, 9.17) is 4.74 Å². The molecular formula is C22H28N6O2. The first-order valence-corrected chi connectivity index (χ1v) is 10.4. The Morgan fingerprint density at radius 2 is 1.93 bits per heavy atom. The summed E-state index contributed by atoms with van der Waals surface area (Å²) in [5, 5.41) is 6.78. The summed E-state index contributed by atoms with van der Waals surface area (Å²) >= 11 is 0. The van der Waals surface area contributed by atoms with Gasteiger partial charge in [0, 0.05) is 43.1 Å². The Kier molecular flexibility index (Phi) is 5.85. The summed E-state index contributed by atoms with van der Waals surface area (Å²) < 4.78 is 7.71. The number of aromatic nitrogens is 4. The van der Waals surface area contributed by atoms with Crippen molar-refractivity contribution < 1.29 is 9.53 Å². The summed E-state index contributed by atoms with van der Waals surface area (Å²) in [6.07, 6.45) is 1.47. The van der Waals surface area contributed by atoms with Crippen LogP contribution in [0.1, 0.15) is 28.7 Å². The van der Waals surface area contributed by atoms with E-state index in [1.165, 1.54) is 6.33 Å². The van der Waals surface area contributed by atoms with Crippen molar-refractivity contribution in [2.75, 3.05) is 44.2 Å². The van der Waals surface area contributed by atoms with Crippen LogP contribution in [-0.4, -0.2) is 69.8 Å². The molecule has 0 radical (unpaired) electrons. The van der Waals surface area contributed by atoms with Crippen LogP contribution in [0.3, 0.4) is 0 Å². The van der Waals surface area contributed by atoms with E-state index in [1.807, 2.05) is 49.6 Å². The summed E-state index contributed by atoms with van der Waals surface area (Å²) in [4.78, 5) is 21.8. The minimum Gasteiger partial charge on any atom is -0.492 e. The Balaban J connectivity index is 1.40. The number of nitrogens with zero attached hydrogens (tertiary/aromatic N) is 5. The number of Topliss-reactive ketones (excluding diaryl/α,β-unsaturated/α-hetero) is 1. The number of anilines is 1. The van der Waals surface area contributed by atoms with Gasteiger partial charge in [0.05, 0.1) is 18.8 Å². The summed E-state index contributed by atoms with van der Waals surface area (Å²) in [5.41, 5.74) is 3.72. The first-order valence-electron chi connectivity index (χ1n) is 10.4. The Morgan fingerprint density at radius 3 is 2.63 bits per heavy atom. The van der Waals surface area contributed by atoms with E-state index < -0.39 is 0 Å². The molecule has 0 aliphatic carbocycles. The highest BCUT2D eigenvalue weighted by atomic mass is 16.5. The van der Waals surface area contributed by atoms with E-state index in [-0.39, 0.29) is 5.78 Å². The molecule has 0 atom stereocenters. The number of aryl methyl sites for hydroxylation is 1. The van der Waals surface area contributed by atoms with E-state index in [2.05, 4.69) is 31.0 Å². The van der Waals surface area contributed by atoms with Crippen LogP contribution in [-0.2, 0) is 0 Å². The van der Waals surface area contributed by atoms with Gasteiger partial charge >= 0.3 is 0 Å². The molecule has 30 heavy (non-hydrogen) atoms. The second-order valence-corrected chi connectivity index (χ2v) is 7.52. The number of carbonyl (C=O) groups excluding carboxylic acids is 1. The Hall–Kier alpha value is -3.13. The molecule has 3 heterocycles. The van der Waals surface area contributed by atoms with Crippen molar-refractivity contribution >= 4 is 11.5 Å². The van der Waals surface area contributed by atoms with Crippen LogP contribution >= 0.6 is 0 Å². The topological polar surface area (TPSA) is 79.3 Å². The number of hydrogen-bond donors (Lipinski definition) is 1. The molecule has 0 unspecified atom stereocenters. The summed E-state index contributed by atoms with van der Waals surface area (Å²) in [7, 11) is 0. The van der Waals surface area contributed by atoms with Crippen LogP contribution in [0.25, 0.3) is 5.95 Å². The number of nitrogens with one attached hydrogen (secondary N) is 1. The van der Waals surface area contributed by atoms with E-state index in [9.17, 15) is 4.79 Å². The number of ketones is 1. The maximum absolute atomic E-state index is 13.0. The lowest BCUT2D eigenvalue weighted by Gasteiger charge is -2.36. The van der Waals surface area contributed by atoms with Crippen LogP contribution in [0.15, 0.2) is 36.7 Å². The molecule has 1 fully saturated rings. The second-order valence-electron chi connectivity index (χ2n) is 7.52. The molecule has 0 bridgehead atoms. The predicted molar refractivity (Wildman–Crippen MR) is 116 cm³/mol. The molecule has 0 spiro atoms. The third-order valence-corrected chi connectivity index (χ3v) is 5.59. The number of para-hydroxylation sites is 2. The number of carbonyl (C=O) groups is 1. The second kappa shape index (κ2) is 8.71. The molecule has 2 aromatic heterocycles. The highest BCUT2D eigenvalue weighted by molar-refractivity contribution is 5.99. The third-order valence-electron chi connectivity index (χ3n) is 5.59. The molecule has 0 amide bonds. The fourth-order valence-electron chi connectivity index (χ4n) is 4.11. The lowest BCUT2D eigenvalue weighted by atomic mass is 10.1. The summed E-state index contributed by atoms with van der Waals surface area (Å²) in [6.45, 7) is 10.4. The van der Waals surface area contributed by atoms with Crippen molar-refractivity contribution in [3.63, 3.8) is 0 Å². The van der Waals surface area contributed by atoms with Crippen LogP contribution in [0, 0.1) is 13.8 Å². The zero-order chi connectivity index (χ0) is 21.1. The molecule has 3 aromatic rings. The predicted octanol–water partition coefficient (Wildman–Crippen LogP) is 2.62. The van der Waals surface area contributed by atoms with Crippen LogP contribution in [0.2, 0.25) is 0 Å². The van der Waals surface area contributed by atoms with Crippen LogP contribution in [0.5, 0.6) is 5.75 Å². The standard InChI is InChI=1S/C22H28N6O2/c1-4-30-21-8-6-5-7-19(21)27-11-9-26(10-12-27)14-20(29)18-13-16(2)28(17(18)3)22-23-15-24-25-22/h5-8,13,15H,4,9-12,14H2,1-3H3,(H,23,24,25). The van der Waals surface area contributed by atoms with Gasteiger partial charge in [0.2, 0.25) is 5.95 Å². The number of aromatic amines is 1. The van der Waals surface area contributed by atoms with Gasteiger partial charge in [0.25, 0.3) is 0 Å². The first kappa shape index (κ1) is 20.2. The average Bonchev–Trinajstić information content (AvgIpc) is 3.37. The molecule has 1 aliphatic rings. The van der Waals surface area contributed by atoms with Crippen molar-refractivity contribution in [3.05, 3.63) is 53.6 Å². The molecule has 1 aromatic carbocycles. The zero-order valence-electron chi connectivity index (χ0n) is 17.8. The first-order chi connectivity index (χ1) is 14.6. The van der Waals surface area contributed by atoms with E-state index in [1.54, 1.807) is 0 Å². The Labute approximate surface area is 176 Å². The lowest BCUT2D eigenvalue weighted by molar-refractivity contribution is 0.0925. The Morgan fingerprint density at radius 1 is 1.17 bits per heavy atom. The maximum Gasteiger partial charge on any atom is 0.229 e. The van der Waals surface area contributed by atoms with Crippen molar-refractivity contribution in [1.29, 1.82) is 0 Å². The SMILES string of the molecule is CCOc1ccccc1N1CCN(CC(=O)c2cc(C)n(-c3ncn[nH]3)c2C)CC1. The molecule has 1 N–H and O–H groups in total. The molecular weight excluding hydrogens is 380 g/mol. The number of piperazine rings is 1. The summed E-state index contributed by atoms with van der Waals surface area (Å²) in [6, 6.07) is 10.1. The number of rotatable bonds is 7. The molecule has 1 aliphatic heterocycles. The Bertz CT molecular complexity index is 1000. The molecule has 8 heteroatoms. The minimum atomic E-state index is 0.136. The lowest BCUT2D eigenvalue weighted by Crippen LogP contribution is -2.48. The van der Waals surface area contributed by atoms with E-state index in [0.717, 1.165) is 54.6 Å². The van der Waals surface area contributed by atoms with Gasteiger partial charge in [0.1, 0.15) is 12.1 Å². The number of H-pyrrole nitrogens is 1. The number of benzene rings is 1. The molecule has 0 saturated carbocycles. The normalized spacial score (nSPS) is 14.8. The maximum atomic E-state index is 13.0. The fraction of sp³-hybridized carbons (Fsp3) is 0.409. The van der Waals surface area contributed by atoms with Gasteiger partial charge < -0.3 is 9.64 Å².